The number of hydrogen-bond donors (Lipinski definition) is 0. The fraction of sp³-hybridized carbons (Fsp3) is 0.571. The minimum atomic E-state index is -0.560. The Kier molecular flexibility index (Phi) is 5.75. The second-order valence-electron chi connectivity index (χ2n) is 4.48. The number of carbonyl (C=O) groups excluding carboxylic acids is 1. The molecule has 0 aliphatic carbocycles. The molecule has 1 heterocycles. The number of hydrogen-bond acceptors (Lipinski definition) is 2. The summed E-state index contributed by atoms with van der Waals surface area (Å²) in [6, 6.07) is 2.91. The summed E-state index contributed by atoms with van der Waals surface area (Å²) in [5.74, 6) is -0.625. The normalized spacial score (nSPS) is 12.2. The van der Waals surface area contributed by atoms with Gasteiger partial charge in [-0.25, -0.2) is 4.98 Å². The van der Waals surface area contributed by atoms with Gasteiger partial charge in [-0.3, -0.25) is 4.79 Å². The van der Waals surface area contributed by atoms with Crippen molar-refractivity contribution in [2.45, 2.75) is 46.1 Å². The Morgan fingerprint density at radius 2 is 2.17 bits per heavy atom. The topological polar surface area (TPSA) is 33.2 Å². The Hall–Kier alpha value is -1.45. The van der Waals surface area contributed by atoms with Gasteiger partial charge in [0.15, 0.2) is 0 Å². The lowest BCUT2D eigenvalue weighted by atomic mass is 10.1. The number of unbranched alkanes of at least 4 members (excludes halogenated alkanes) is 1. The van der Waals surface area contributed by atoms with Crippen LogP contribution in [0.3, 0.4) is 0 Å². The van der Waals surface area contributed by atoms with Crippen molar-refractivity contribution < 1.29 is 9.18 Å². The van der Waals surface area contributed by atoms with Gasteiger partial charge < -0.3 is 4.90 Å². The van der Waals surface area contributed by atoms with Gasteiger partial charge in [-0.15, -0.1) is 0 Å². The average Bonchev–Trinajstić information content (AvgIpc) is 2.39. The van der Waals surface area contributed by atoms with Gasteiger partial charge in [0.25, 0.3) is 5.91 Å². The van der Waals surface area contributed by atoms with Gasteiger partial charge in [0, 0.05) is 18.8 Å². The number of pyridine rings is 1. The summed E-state index contributed by atoms with van der Waals surface area (Å²) < 4.78 is 12.7. The monoisotopic (exact) mass is 252 g/mol. The van der Waals surface area contributed by atoms with Crippen LogP contribution in [-0.4, -0.2) is 28.4 Å². The van der Waals surface area contributed by atoms with Gasteiger partial charge >= 0.3 is 0 Å². The number of amides is 1. The lowest BCUT2D eigenvalue weighted by Gasteiger charge is -2.28. The zero-order valence-corrected chi connectivity index (χ0v) is 11.3. The number of halogens is 1. The molecule has 0 aliphatic heterocycles. The number of aromatic nitrogens is 1. The molecule has 0 radical (unpaired) electrons. The maximum atomic E-state index is 12.7. The van der Waals surface area contributed by atoms with E-state index in [4.69, 9.17) is 0 Å². The second kappa shape index (κ2) is 7.09. The molecule has 0 saturated heterocycles. The molecule has 0 saturated carbocycles. The predicted octanol–water partition coefficient (Wildman–Crippen LogP) is 3.26. The molecule has 1 rings (SSSR count). The van der Waals surface area contributed by atoms with Crippen molar-refractivity contribution in [3.63, 3.8) is 0 Å². The molecular weight excluding hydrogens is 231 g/mol. The first-order valence-corrected chi connectivity index (χ1v) is 6.52. The molecule has 0 aromatic carbocycles. The SMILES string of the molecule is CCCCN(C(=O)c1ccc(F)nc1)C(C)CC. The molecule has 1 aromatic heterocycles. The van der Waals surface area contributed by atoms with Crippen LogP contribution in [0.2, 0.25) is 0 Å². The van der Waals surface area contributed by atoms with Crippen molar-refractivity contribution >= 4 is 5.91 Å². The van der Waals surface area contributed by atoms with Gasteiger partial charge in [-0.05, 0) is 31.9 Å². The van der Waals surface area contributed by atoms with Crippen LogP contribution in [0.25, 0.3) is 0 Å². The summed E-state index contributed by atoms with van der Waals surface area (Å²) in [5, 5.41) is 0. The summed E-state index contributed by atoms with van der Waals surface area (Å²) in [4.78, 5) is 17.7. The molecule has 3 nitrogen and oxygen atoms in total. The van der Waals surface area contributed by atoms with E-state index in [1.54, 1.807) is 0 Å². The Balaban J connectivity index is 2.83. The first-order chi connectivity index (χ1) is 8.60. The second-order valence-corrected chi connectivity index (χ2v) is 4.48. The Bertz CT molecular complexity index is 378. The lowest BCUT2D eigenvalue weighted by Crippen LogP contribution is -2.39. The summed E-state index contributed by atoms with van der Waals surface area (Å²) in [6.45, 7) is 6.92. The van der Waals surface area contributed by atoms with Crippen LogP contribution in [0.15, 0.2) is 18.3 Å². The molecule has 18 heavy (non-hydrogen) atoms. The third-order valence-corrected chi connectivity index (χ3v) is 3.11. The van der Waals surface area contributed by atoms with Gasteiger partial charge in [0.1, 0.15) is 0 Å². The van der Waals surface area contributed by atoms with E-state index >= 15 is 0 Å². The Morgan fingerprint density at radius 3 is 2.67 bits per heavy atom. The summed E-state index contributed by atoms with van der Waals surface area (Å²) in [6.07, 6.45) is 4.23. The van der Waals surface area contributed by atoms with E-state index < -0.39 is 5.95 Å². The van der Waals surface area contributed by atoms with Crippen LogP contribution < -0.4 is 0 Å². The zero-order chi connectivity index (χ0) is 13.5. The van der Waals surface area contributed by atoms with Crippen LogP contribution in [0.4, 0.5) is 4.39 Å². The molecule has 1 amide bonds. The minimum absolute atomic E-state index is 0.0645. The van der Waals surface area contributed by atoms with Gasteiger partial charge in [-0.1, -0.05) is 20.3 Å². The van der Waals surface area contributed by atoms with Gasteiger partial charge in [0.05, 0.1) is 5.56 Å². The number of nitrogens with zero attached hydrogens (tertiary/aromatic N) is 2. The minimum Gasteiger partial charge on any atom is -0.336 e. The highest BCUT2D eigenvalue weighted by Crippen LogP contribution is 2.12. The van der Waals surface area contributed by atoms with E-state index in [0.29, 0.717) is 5.56 Å². The Labute approximate surface area is 108 Å². The highest BCUT2D eigenvalue weighted by molar-refractivity contribution is 5.94. The average molecular weight is 252 g/mol. The molecule has 0 fully saturated rings. The third kappa shape index (κ3) is 3.79. The summed E-state index contributed by atoms with van der Waals surface area (Å²) >= 11 is 0. The van der Waals surface area contributed by atoms with E-state index in [9.17, 15) is 9.18 Å². The fourth-order valence-corrected chi connectivity index (χ4v) is 1.74. The van der Waals surface area contributed by atoms with E-state index in [1.165, 1.54) is 18.3 Å². The van der Waals surface area contributed by atoms with E-state index in [1.807, 2.05) is 11.8 Å². The molecule has 4 heteroatoms. The van der Waals surface area contributed by atoms with Crippen molar-refractivity contribution in [3.05, 3.63) is 29.8 Å². The van der Waals surface area contributed by atoms with Crippen LogP contribution >= 0.6 is 0 Å². The van der Waals surface area contributed by atoms with Gasteiger partial charge in [0.2, 0.25) is 5.95 Å². The largest absolute Gasteiger partial charge is 0.336 e. The van der Waals surface area contributed by atoms with Crippen LogP contribution in [-0.2, 0) is 0 Å². The van der Waals surface area contributed by atoms with E-state index in [-0.39, 0.29) is 11.9 Å². The molecule has 0 aliphatic rings. The molecule has 0 spiro atoms. The van der Waals surface area contributed by atoms with Crippen molar-refractivity contribution in [2.24, 2.45) is 0 Å². The molecule has 0 N–H and O–H groups in total. The molecule has 1 atom stereocenters. The van der Waals surface area contributed by atoms with Crippen molar-refractivity contribution in [3.8, 4) is 0 Å². The highest BCUT2D eigenvalue weighted by atomic mass is 19.1. The third-order valence-electron chi connectivity index (χ3n) is 3.11. The quantitative estimate of drug-likeness (QED) is 0.728. The van der Waals surface area contributed by atoms with Crippen molar-refractivity contribution in [1.82, 2.24) is 9.88 Å². The number of carbonyl (C=O) groups is 1. The highest BCUT2D eigenvalue weighted by Gasteiger charge is 2.20. The summed E-state index contributed by atoms with van der Waals surface area (Å²) in [5.41, 5.74) is 0.452. The first kappa shape index (κ1) is 14.6. The van der Waals surface area contributed by atoms with Crippen LogP contribution in [0, 0.1) is 5.95 Å². The number of rotatable bonds is 6. The fourth-order valence-electron chi connectivity index (χ4n) is 1.74. The van der Waals surface area contributed by atoms with Crippen LogP contribution in [0.1, 0.15) is 50.4 Å². The summed E-state index contributed by atoms with van der Waals surface area (Å²) in [7, 11) is 0. The molecule has 1 aromatic rings. The maximum absolute atomic E-state index is 12.7. The van der Waals surface area contributed by atoms with Gasteiger partial charge in [-0.2, -0.15) is 4.39 Å². The maximum Gasteiger partial charge on any atom is 0.255 e. The van der Waals surface area contributed by atoms with Crippen molar-refractivity contribution in [1.29, 1.82) is 0 Å². The zero-order valence-electron chi connectivity index (χ0n) is 11.3. The molecule has 0 bridgehead atoms. The van der Waals surface area contributed by atoms with Crippen LogP contribution in [0.5, 0.6) is 0 Å². The smallest absolute Gasteiger partial charge is 0.255 e. The lowest BCUT2D eigenvalue weighted by molar-refractivity contribution is 0.0685. The standard InChI is InChI=1S/C14H21FN2O/c1-4-6-9-17(11(3)5-2)14(18)12-7-8-13(15)16-10-12/h7-8,10-11H,4-6,9H2,1-3H3. The predicted molar refractivity (Wildman–Crippen MR) is 69.9 cm³/mol. The van der Waals surface area contributed by atoms with E-state index in [2.05, 4.69) is 18.8 Å². The molecule has 100 valence electrons. The van der Waals surface area contributed by atoms with E-state index in [0.717, 1.165) is 25.8 Å². The van der Waals surface area contributed by atoms with Crippen molar-refractivity contribution in [2.75, 3.05) is 6.54 Å². The molecule has 1 unspecified atom stereocenters. The Morgan fingerprint density at radius 1 is 1.44 bits per heavy atom. The first-order valence-electron chi connectivity index (χ1n) is 6.52. The molecular formula is C14H21FN2O.